The molecule has 102 valence electrons. The summed E-state index contributed by atoms with van der Waals surface area (Å²) < 4.78 is 10.8. The summed E-state index contributed by atoms with van der Waals surface area (Å²) in [7, 11) is 0. The molecule has 0 bridgehead atoms. The molecule has 1 saturated heterocycles. The molecule has 1 fully saturated rings. The third kappa shape index (κ3) is 3.46. The predicted octanol–water partition coefficient (Wildman–Crippen LogP) is 2.07. The van der Waals surface area contributed by atoms with Gasteiger partial charge in [-0.25, -0.2) is 0 Å². The summed E-state index contributed by atoms with van der Waals surface area (Å²) in [6.45, 7) is 7.82. The number of ether oxygens (including phenoxy) is 1. The molecule has 1 aliphatic rings. The van der Waals surface area contributed by atoms with Gasteiger partial charge in [0.2, 0.25) is 5.89 Å². The molecule has 2 heterocycles. The van der Waals surface area contributed by atoms with E-state index in [0.717, 1.165) is 24.4 Å². The first-order valence-electron chi connectivity index (χ1n) is 6.23. The van der Waals surface area contributed by atoms with Gasteiger partial charge >= 0.3 is 0 Å². The monoisotopic (exact) mass is 271 g/mol. The maximum Gasteiger partial charge on any atom is 0.246 e. The van der Waals surface area contributed by atoms with Gasteiger partial charge in [-0.2, -0.15) is 4.98 Å². The second kappa shape index (κ2) is 5.19. The normalized spacial score (nSPS) is 20.0. The van der Waals surface area contributed by atoms with Crippen LogP contribution in [0.4, 0.5) is 0 Å². The number of rotatable bonds is 3. The van der Waals surface area contributed by atoms with Crippen molar-refractivity contribution in [3.8, 4) is 0 Å². The molecule has 1 aliphatic heterocycles. The third-order valence-corrected chi connectivity index (χ3v) is 4.18. The van der Waals surface area contributed by atoms with Gasteiger partial charge in [0, 0.05) is 18.0 Å². The van der Waals surface area contributed by atoms with Gasteiger partial charge in [-0.3, -0.25) is 0 Å². The summed E-state index contributed by atoms with van der Waals surface area (Å²) in [6.07, 6.45) is 1.47. The smallest absolute Gasteiger partial charge is 0.246 e. The Bertz CT molecular complexity index is 394. The topological polar surface area (TPSA) is 74.2 Å². The second-order valence-corrected chi connectivity index (χ2v) is 7.49. The molecular formula is C12H21N3O2S. The van der Waals surface area contributed by atoms with Crippen molar-refractivity contribution in [1.82, 2.24) is 10.1 Å². The maximum atomic E-state index is 6.29. The van der Waals surface area contributed by atoms with E-state index in [0.29, 0.717) is 19.1 Å². The average Bonchev–Trinajstić information content (AvgIpc) is 2.76. The van der Waals surface area contributed by atoms with E-state index in [9.17, 15) is 0 Å². The highest BCUT2D eigenvalue weighted by Gasteiger charge is 2.35. The molecule has 5 nitrogen and oxygen atoms in total. The molecule has 1 aromatic rings. The van der Waals surface area contributed by atoms with Gasteiger partial charge in [-0.1, -0.05) is 25.9 Å². The first kappa shape index (κ1) is 13.8. The molecule has 0 spiro atoms. The highest BCUT2D eigenvalue weighted by molar-refractivity contribution is 7.99. The molecule has 0 aromatic carbocycles. The van der Waals surface area contributed by atoms with E-state index in [1.807, 2.05) is 0 Å². The minimum Gasteiger partial charge on any atom is -0.381 e. The van der Waals surface area contributed by atoms with Crippen molar-refractivity contribution in [2.75, 3.05) is 13.2 Å². The molecule has 0 radical (unpaired) electrons. The molecule has 18 heavy (non-hydrogen) atoms. The van der Waals surface area contributed by atoms with Crippen LogP contribution in [-0.2, 0) is 16.0 Å². The Kier molecular flexibility index (Phi) is 3.99. The van der Waals surface area contributed by atoms with Crippen molar-refractivity contribution in [1.29, 1.82) is 0 Å². The number of nitrogens with zero attached hydrogens (tertiary/aromatic N) is 2. The van der Waals surface area contributed by atoms with Crippen LogP contribution in [0, 0.1) is 0 Å². The van der Waals surface area contributed by atoms with Gasteiger partial charge in [0.25, 0.3) is 0 Å². The van der Waals surface area contributed by atoms with E-state index in [2.05, 4.69) is 30.9 Å². The Hall–Kier alpha value is -0.590. The number of hydrogen-bond donors (Lipinski definition) is 1. The zero-order valence-corrected chi connectivity index (χ0v) is 12.0. The summed E-state index contributed by atoms with van der Waals surface area (Å²) in [5, 5.41) is 4.01. The van der Waals surface area contributed by atoms with Gasteiger partial charge in [-0.05, 0) is 12.8 Å². The standard InChI is InChI=1S/C12H21N3O2S/c1-11(2,3)18-8-9-14-10(17-15-9)12(13)4-6-16-7-5-12/h4-8,13H2,1-3H3. The van der Waals surface area contributed by atoms with Crippen LogP contribution in [0.1, 0.15) is 45.3 Å². The lowest BCUT2D eigenvalue weighted by Gasteiger charge is -2.29. The van der Waals surface area contributed by atoms with Crippen LogP contribution in [0.25, 0.3) is 0 Å². The average molecular weight is 271 g/mol. The lowest BCUT2D eigenvalue weighted by atomic mass is 9.91. The number of hydrogen-bond acceptors (Lipinski definition) is 6. The molecule has 0 unspecified atom stereocenters. The van der Waals surface area contributed by atoms with Crippen LogP contribution in [0.3, 0.4) is 0 Å². The van der Waals surface area contributed by atoms with Crippen molar-refractivity contribution >= 4 is 11.8 Å². The fourth-order valence-corrected chi connectivity index (χ4v) is 2.42. The van der Waals surface area contributed by atoms with Crippen molar-refractivity contribution < 1.29 is 9.26 Å². The molecule has 0 saturated carbocycles. The Morgan fingerprint density at radius 3 is 2.61 bits per heavy atom. The Morgan fingerprint density at radius 2 is 2.00 bits per heavy atom. The van der Waals surface area contributed by atoms with Crippen LogP contribution >= 0.6 is 11.8 Å². The van der Waals surface area contributed by atoms with Crippen molar-refractivity contribution in [3.05, 3.63) is 11.7 Å². The van der Waals surface area contributed by atoms with Crippen LogP contribution in [0.5, 0.6) is 0 Å². The molecule has 0 aliphatic carbocycles. The molecule has 2 N–H and O–H groups in total. The third-order valence-electron chi connectivity index (χ3n) is 2.91. The lowest BCUT2D eigenvalue weighted by molar-refractivity contribution is 0.0400. The Balaban J connectivity index is 2.01. The molecule has 6 heteroatoms. The highest BCUT2D eigenvalue weighted by atomic mass is 32.2. The Morgan fingerprint density at radius 1 is 1.33 bits per heavy atom. The number of nitrogens with two attached hydrogens (primary N) is 1. The zero-order valence-electron chi connectivity index (χ0n) is 11.2. The SMILES string of the molecule is CC(C)(C)SCc1noc(C2(N)CCOCC2)n1. The van der Waals surface area contributed by atoms with Gasteiger partial charge in [-0.15, -0.1) is 11.8 Å². The van der Waals surface area contributed by atoms with E-state index in [-0.39, 0.29) is 4.75 Å². The van der Waals surface area contributed by atoms with E-state index in [1.54, 1.807) is 11.8 Å². The summed E-state index contributed by atoms with van der Waals surface area (Å²) in [5.74, 6) is 2.02. The van der Waals surface area contributed by atoms with Crippen molar-refractivity contribution in [2.45, 2.75) is 49.7 Å². The first-order chi connectivity index (χ1) is 8.39. The fourth-order valence-electron chi connectivity index (χ4n) is 1.75. The van der Waals surface area contributed by atoms with Crippen LogP contribution in [0.2, 0.25) is 0 Å². The predicted molar refractivity (Wildman–Crippen MR) is 71.3 cm³/mol. The molecule has 0 amide bonds. The lowest BCUT2D eigenvalue weighted by Crippen LogP contribution is -2.42. The van der Waals surface area contributed by atoms with Gasteiger partial charge < -0.3 is 15.0 Å². The largest absolute Gasteiger partial charge is 0.381 e. The zero-order chi connectivity index (χ0) is 13.2. The molecule has 0 atom stereocenters. The maximum absolute atomic E-state index is 6.29. The van der Waals surface area contributed by atoms with Crippen LogP contribution in [-0.4, -0.2) is 28.1 Å². The van der Waals surface area contributed by atoms with Crippen LogP contribution in [0.15, 0.2) is 4.52 Å². The molecular weight excluding hydrogens is 250 g/mol. The summed E-state index contributed by atoms with van der Waals surface area (Å²) >= 11 is 1.80. The summed E-state index contributed by atoms with van der Waals surface area (Å²) in [5.41, 5.74) is 5.79. The first-order valence-corrected chi connectivity index (χ1v) is 7.21. The van der Waals surface area contributed by atoms with Crippen molar-refractivity contribution in [2.24, 2.45) is 5.73 Å². The van der Waals surface area contributed by atoms with Gasteiger partial charge in [0.1, 0.15) is 5.54 Å². The minimum absolute atomic E-state index is 0.194. The van der Waals surface area contributed by atoms with Crippen LogP contribution < -0.4 is 5.73 Å². The number of thioether (sulfide) groups is 1. The Labute approximate surface area is 112 Å². The van der Waals surface area contributed by atoms with E-state index < -0.39 is 5.54 Å². The molecule has 1 aromatic heterocycles. The summed E-state index contributed by atoms with van der Waals surface area (Å²) in [4.78, 5) is 4.43. The quantitative estimate of drug-likeness (QED) is 0.907. The molecule has 2 rings (SSSR count). The summed E-state index contributed by atoms with van der Waals surface area (Å²) in [6, 6.07) is 0. The highest BCUT2D eigenvalue weighted by Crippen LogP contribution is 2.30. The van der Waals surface area contributed by atoms with Crippen molar-refractivity contribution in [3.63, 3.8) is 0 Å². The van der Waals surface area contributed by atoms with E-state index >= 15 is 0 Å². The fraction of sp³-hybridized carbons (Fsp3) is 0.833. The number of aromatic nitrogens is 2. The second-order valence-electron chi connectivity index (χ2n) is 5.69. The van der Waals surface area contributed by atoms with E-state index in [1.165, 1.54) is 0 Å². The van der Waals surface area contributed by atoms with Gasteiger partial charge in [0.05, 0.1) is 5.75 Å². The van der Waals surface area contributed by atoms with Gasteiger partial charge in [0.15, 0.2) is 5.82 Å². The minimum atomic E-state index is -0.504. The van der Waals surface area contributed by atoms with E-state index in [4.69, 9.17) is 15.0 Å².